The van der Waals surface area contributed by atoms with Gasteiger partial charge < -0.3 is 4.42 Å². The molecule has 2 aliphatic rings. The number of anilines is 1. The number of thiazole rings is 1. The molecule has 1 N–H and O–H groups in total. The van der Waals surface area contributed by atoms with Crippen molar-refractivity contribution < 1.29 is 18.8 Å². The summed E-state index contributed by atoms with van der Waals surface area (Å²) >= 11 is 1.52. The van der Waals surface area contributed by atoms with E-state index in [-0.39, 0.29) is 23.9 Å². The fourth-order valence-electron chi connectivity index (χ4n) is 4.15. The molecule has 3 aromatic rings. The van der Waals surface area contributed by atoms with Gasteiger partial charge in [0.25, 0.3) is 17.7 Å². The third-order valence-corrected chi connectivity index (χ3v) is 7.00. The summed E-state index contributed by atoms with van der Waals surface area (Å²) in [7, 11) is 0. The van der Waals surface area contributed by atoms with Gasteiger partial charge in [-0.2, -0.15) is 0 Å². The number of rotatable bonds is 5. The molecular formula is C23H21N3O4S. The summed E-state index contributed by atoms with van der Waals surface area (Å²) in [4.78, 5) is 45.2. The fourth-order valence-corrected chi connectivity index (χ4v) is 5.27. The molecule has 158 valence electrons. The predicted octanol–water partition coefficient (Wildman–Crippen LogP) is 4.30. The molecule has 1 aliphatic carbocycles. The first kappa shape index (κ1) is 19.7. The van der Waals surface area contributed by atoms with Gasteiger partial charge in [0.05, 0.1) is 29.6 Å². The molecule has 1 aromatic carbocycles. The number of benzene rings is 1. The van der Waals surface area contributed by atoms with Crippen LogP contribution in [0.15, 0.2) is 41.0 Å². The topological polar surface area (TPSA) is 92.5 Å². The number of hydrogen-bond donors (Lipinski definition) is 1. The predicted molar refractivity (Wildman–Crippen MR) is 115 cm³/mol. The summed E-state index contributed by atoms with van der Waals surface area (Å²) in [6.45, 7) is 2.26. The Bertz CT molecular complexity index is 1180. The second-order valence-corrected chi connectivity index (χ2v) is 8.98. The first-order chi connectivity index (χ1) is 15.0. The van der Waals surface area contributed by atoms with Gasteiger partial charge in [0.2, 0.25) is 0 Å². The standard InChI is InChI=1S/C23H21N3O4S/c1-2-13-5-8-18-19(10-13)31-23(24-18)25-20(27)14-6-7-16-17(11-14)22(29)26(21(16)28)12-15-4-3-9-30-15/h3-4,6-7,9,11,13H,2,5,8,10,12H2,1H3,(H,24,25,27). The molecule has 0 fully saturated rings. The smallest absolute Gasteiger partial charge is 0.261 e. The Labute approximate surface area is 183 Å². The van der Waals surface area contributed by atoms with E-state index in [2.05, 4.69) is 17.2 Å². The van der Waals surface area contributed by atoms with Gasteiger partial charge in [0.15, 0.2) is 5.13 Å². The second kappa shape index (κ2) is 7.77. The zero-order valence-corrected chi connectivity index (χ0v) is 17.8. The average Bonchev–Trinajstić information content (AvgIpc) is 3.49. The number of imide groups is 1. The van der Waals surface area contributed by atoms with Crippen molar-refractivity contribution in [3.8, 4) is 0 Å². The van der Waals surface area contributed by atoms with Crippen molar-refractivity contribution in [2.75, 3.05) is 5.32 Å². The quantitative estimate of drug-likeness (QED) is 0.603. The highest BCUT2D eigenvalue weighted by atomic mass is 32.1. The van der Waals surface area contributed by atoms with E-state index in [0.29, 0.717) is 27.9 Å². The number of fused-ring (bicyclic) bond motifs is 2. The summed E-state index contributed by atoms with van der Waals surface area (Å²) in [5, 5.41) is 3.43. The van der Waals surface area contributed by atoms with E-state index < -0.39 is 5.91 Å². The van der Waals surface area contributed by atoms with E-state index in [1.54, 1.807) is 18.2 Å². The number of aryl methyl sites for hydroxylation is 1. The molecule has 7 nitrogen and oxygen atoms in total. The second-order valence-electron chi connectivity index (χ2n) is 7.90. The number of furan rings is 1. The molecule has 31 heavy (non-hydrogen) atoms. The Hall–Kier alpha value is -3.26. The highest BCUT2D eigenvalue weighted by Gasteiger charge is 2.36. The van der Waals surface area contributed by atoms with Crippen LogP contribution in [0.2, 0.25) is 0 Å². The summed E-state index contributed by atoms with van der Waals surface area (Å²) in [5.41, 5.74) is 1.92. The Morgan fingerprint density at radius 1 is 1.26 bits per heavy atom. The van der Waals surface area contributed by atoms with Crippen molar-refractivity contribution in [2.24, 2.45) is 5.92 Å². The average molecular weight is 436 g/mol. The van der Waals surface area contributed by atoms with Gasteiger partial charge in [-0.25, -0.2) is 4.98 Å². The van der Waals surface area contributed by atoms with Crippen LogP contribution in [0.4, 0.5) is 5.13 Å². The van der Waals surface area contributed by atoms with Crippen LogP contribution < -0.4 is 5.32 Å². The van der Waals surface area contributed by atoms with E-state index in [1.807, 2.05) is 0 Å². The van der Waals surface area contributed by atoms with Crippen molar-refractivity contribution in [1.29, 1.82) is 0 Å². The minimum atomic E-state index is -0.429. The number of amides is 3. The van der Waals surface area contributed by atoms with Gasteiger partial charge >= 0.3 is 0 Å². The van der Waals surface area contributed by atoms with Crippen molar-refractivity contribution in [2.45, 2.75) is 39.2 Å². The number of carbonyl (C=O) groups is 3. The highest BCUT2D eigenvalue weighted by Crippen LogP contribution is 2.34. The SMILES string of the molecule is CCC1CCc2nc(NC(=O)c3ccc4c(c3)C(=O)N(Cc3ccco3)C4=O)sc2C1. The highest BCUT2D eigenvalue weighted by molar-refractivity contribution is 7.15. The molecule has 0 saturated heterocycles. The van der Waals surface area contributed by atoms with E-state index in [0.717, 1.165) is 36.3 Å². The Kier molecular flexibility index (Phi) is 4.94. The summed E-state index contributed by atoms with van der Waals surface area (Å²) in [6, 6.07) is 7.99. The van der Waals surface area contributed by atoms with Gasteiger partial charge in [0, 0.05) is 10.4 Å². The summed E-state index contributed by atoms with van der Waals surface area (Å²) in [5.74, 6) is 0.0416. The van der Waals surface area contributed by atoms with Crippen molar-refractivity contribution in [3.05, 3.63) is 69.6 Å². The van der Waals surface area contributed by atoms with Crippen LogP contribution in [0.3, 0.4) is 0 Å². The molecule has 2 aromatic heterocycles. The largest absolute Gasteiger partial charge is 0.467 e. The molecule has 1 unspecified atom stereocenters. The first-order valence-corrected chi connectivity index (χ1v) is 11.2. The van der Waals surface area contributed by atoms with Crippen molar-refractivity contribution in [3.63, 3.8) is 0 Å². The van der Waals surface area contributed by atoms with E-state index in [9.17, 15) is 14.4 Å². The molecule has 3 amide bonds. The molecule has 0 radical (unpaired) electrons. The molecule has 0 bridgehead atoms. The van der Waals surface area contributed by atoms with Gasteiger partial charge in [-0.3, -0.25) is 24.6 Å². The van der Waals surface area contributed by atoms with Crippen LogP contribution in [0.5, 0.6) is 0 Å². The van der Waals surface area contributed by atoms with Crippen LogP contribution in [0.1, 0.15) is 67.2 Å². The lowest BCUT2D eigenvalue weighted by molar-refractivity contribution is 0.0631. The molecular weight excluding hydrogens is 414 g/mol. The fraction of sp³-hybridized carbons (Fsp3) is 0.304. The Morgan fingerprint density at radius 2 is 2.10 bits per heavy atom. The zero-order chi connectivity index (χ0) is 21.5. The number of hydrogen-bond acceptors (Lipinski definition) is 6. The van der Waals surface area contributed by atoms with Crippen LogP contribution in [-0.2, 0) is 19.4 Å². The van der Waals surface area contributed by atoms with E-state index in [1.165, 1.54) is 34.6 Å². The number of aromatic nitrogens is 1. The third kappa shape index (κ3) is 3.57. The monoisotopic (exact) mass is 435 g/mol. The van der Waals surface area contributed by atoms with E-state index >= 15 is 0 Å². The lowest BCUT2D eigenvalue weighted by Gasteiger charge is -2.18. The number of nitrogens with zero attached hydrogens (tertiary/aromatic N) is 2. The van der Waals surface area contributed by atoms with Gasteiger partial charge in [0.1, 0.15) is 5.76 Å². The molecule has 3 heterocycles. The van der Waals surface area contributed by atoms with Crippen molar-refractivity contribution >= 4 is 34.2 Å². The maximum atomic E-state index is 12.8. The normalized spacial score (nSPS) is 17.6. The van der Waals surface area contributed by atoms with Crippen LogP contribution in [0, 0.1) is 5.92 Å². The van der Waals surface area contributed by atoms with Crippen LogP contribution in [0.25, 0.3) is 0 Å². The zero-order valence-electron chi connectivity index (χ0n) is 17.0. The Balaban J connectivity index is 1.33. The molecule has 0 spiro atoms. The molecule has 8 heteroatoms. The van der Waals surface area contributed by atoms with Crippen molar-refractivity contribution in [1.82, 2.24) is 9.88 Å². The summed E-state index contributed by atoms with van der Waals surface area (Å²) < 4.78 is 5.25. The number of nitrogens with one attached hydrogen (secondary N) is 1. The molecule has 5 rings (SSSR count). The van der Waals surface area contributed by atoms with Crippen LogP contribution in [-0.4, -0.2) is 27.6 Å². The van der Waals surface area contributed by atoms with Gasteiger partial charge in [-0.05, 0) is 55.5 Å². The maximum absolute atomic E-state index is 12.8. The first-order valence-electron chi connectivity index (χ1n) is 10.4. The maximum Gasteiger partial charge on any atom is 0.261 e. The summed E-state index contributed by atoms with van der Waals surface area (Å²) in [6.07, 6.45) is 5.74. The molecule has 1 atom stereocenters. The molecule has 1 aliphatic heterocycles. The van der Waals surface area contributed by atoms with Gasteiger partial charge in [-0.1, -0.05) is 13.3 Å². The lowest BCUT2D eigenvalue weighted by atomic mass is 9.89. The Morgan fingerprint density at radius 3 is 2.87 bits per heavy atom. The van der Waals surface area contributed by atoms with E-state index in [4.69, 9.17) is 4.42 Å². The molecule has 0 saturated carbocycles. The minimum absolute atomic E-state index is 0.0598. The van der Waals surface area contributed by atoms with Crippen LogP contribution >= 0.6 is 11.3 Å². The lowest BCUT2D eigenvalue weighted by Crippen LogP contribution is -2.28. The van der Waals surface area contributed by atoms with Gasteiger partial charge in [-0.15, -0.1) is 11.3 Å². The number of carbonyl (C=O) groups excluding carboxylic acids is 3. The third-order valence-electron chi connectivity index (χ3n) is 5.97. The minimum Gasteiger partial charge on any atom is -0.467 e.